The molecule has 1 heterocycles. The number of hydrogen-bond donors (Lipinski definition) is 1. The third kappa shape index (κ3) is 3.81. The summed E-state index contributed by atoms with van der Waals surface area (Å²) < 4.78 is 52.4. The molecule has 0 atom stereocenters. The van der Waals surface area contributed by atoms with E-state index in [-0.39, 0.29) is 12.4 Å². The van der Waals surface area contributed by atoms with Crippen LogP contribution >= 0.6 is 0 Å². The average Bonchev–Trinajstić information content (AvgIpc) is 2.66. The summed E-state index contributed by atoms with van der Waals surface area (Å²) in [6.07, 6.45) is -3.73. The van der Waals surface area contributed by atoms with Crippen molar-refractivity contribution in [1.82, 2.24) is 0 Å². The zero-order chi connectivity index (χ0) is 18.2. The maximum atomic E-state index is 13.6. The summed E-state index contributed by atoms with van der Waals surface area (Å²) in [6, 6.07) is 7.49. The van der Waals surface area contributed by atoms with E-state index in [0.717, 1.165) is 24.7 Å². The SMILES string of the molecule is CN1CCCN(Cc2cc(O)cc(C(F)(F)F)c2)c2ccc(F)cc21. The van der Waals surface area contributed by atoms with Crippen LogP contribution < -0.4 is 9.80 Å². The lowest BCUT2D eigenvalue weighted by molar-refractivity contribution is -0.137. The Hall–Kier alpha value is -2.44. The first kappa shape index (κ1) is 17.4. The molecule has 0 spiro atoms. The Bertz CT molecular complexity index is 776. The van der Waals surface area contributed by atoms with Gasteiger partial charge in [0.05, 0.1) is 16.9 Å². The molecule has 0 radical (unpaired) electrons. The second-order valence-corrected chi connectivity index (χ2v) is 6.22. The minimum atomic E-state index is -4.52. The molecule has 1 aliphatic rings. The summed E-state index contributed by atoms with van der Waals surface area (Å²) in [6.45, 7) is 1.55. The van der Waals surface area contributed by atoms with Crippen LogP contribution in [-0.4, -0.2) is 25.2 Å². The number of nitrogens with zero attached hydrogens (tertiary/aromatic N) is 2. The van der Waals surface area contributed by atoms with Gasteiger partial charge in [-0.25, -0.2) is 4.39 Å². The molecule has 0 amide bonds. The molecular formula is C18H18F4N2O. The first-order valence-electron chi connectivity index (χ1n) is 7.90. The standard InChI is InChI=1S/C18H18F4N2O/c1-23-5-2-6-24(16-4-3-14(19)10-17(16)23)11-12-7-13(18(20,21)22)9-15(25)8-12/h3-4,7-10,25H,2,5-6,11H2,1H3. The Morgan fingerprint density at radius 1 is 1.04 bits per heavy atom. The van der Waals surface area contributed by atoms with Crippen molar-refractivity contribution in [3.63, 3.8) is 0 Å². The number of phenols is 1. The molecule has 134 valence electrons. The van der Waals surface area contributed by atoms with E-state index in [1.54, 1.807) is 6.07 Å². The van der Waals surface area contributed by atoms with Crippen molar-refractivity contribution in [2.24, 2.45) is 0 Å². The van der Waals surface area contributed by atoms with Crippen LogP contribution in [-0.2, 0) is 12.7 Å². The second kappa shape index (κ2) is 6.46. The summed E-state index contributed by atoms with van der Waals surface area (Å²) in [5, 5.41) is 9.64. The first-order valence-corrected chi connectivity index (χ1v) is 7.90. The van der Waals surface area contributed by atoms with Gasteiger partial charge < -0.3 is 14.9 Å². The van der Waals surface area contributed by atoms with Gasteiger partial charge in [-0.15, -0.1) is 0 Å². The van der Waals surface area contributed by atoms with Crippen LogP contribution in [0.4, 0.5) is 28.9 Å². The Balaban J connectivity index is 1.96. The van der Waals surface area contributed by atoms with Crippen LogP contribution in [0.2, 0.25) is 0 Å². The molecule has 2 aromatic rings. The fourth-order valence-corrected chi connectivity index (χ4v) is 3.12. The molecule has 0 saturated heterocycles. The number of aromatic hydroxyl groups is 1. The predicted octanol–water partition coefficient (Wildman–Crippen LogP) is 4.40. The van der Waals surface area contributed by atoms with E-state index in [1.165, 1.54) is 18.2 Å². The molecule has 7 heteroatoms. The van der Waals surface area contributed by atoms with Crippen molar-refractivity contribution >= 4 is 11.4 Å². The molecule has 3 rings (SSSR count). The zero-order valence-electron chi connectivity index (χ0n) is 13.6. The van der Waals surface area contributed by atoms with Crippen molar-refractivity contribution in [2.45, 2.75) is 19.1 Å². The van der Waals surface area contributed by atoms with E-state index in [1.807, 2.05) is 16.8 Å². The predicted molar refractivity (Wildman–Crippen MR) is 88.4 cm³/mol. The van der Waals surface area contributed by atoms with Crippen LogP contribution in [0, 0.1) is 5.82 Å². The highest BCUT2D eigenvalue weighted by Gasteiger charge is 2.31. The van der Waals surface area contributed by atoms with Crippen LogP contribution in [0.5, 0.6) is 5.75 Å². The summed E-state index contributed by atoms with van der Waals surface area (Å²) in [4.78, 5) is 3.84. The minimum Gasteiger partial charge on any atom is -0.508 e. The summed E-state index contributed by atoms with van der Waals surface area (Å²) in [7, 11) is 1.86. The van der Waals surface area contributed by atoms with Gasteiger partial charge in [-0.1, -0.05) is 0 Å². The normalized spacial score (nSPS) is 15.1. The monoisotopic (exact) mass is 354 g/mol. The molecule has 1 aliphatic heterocycles. The third-order valence-electron chi connectivity index (χ3n) is 4.29. The Labute approximate surface area is 143 Å². The van der Waals surface area contributed by atoms with Crippen LogP contribution in [0.15, 0.2) is 36.4 Å². The maximum Gasteiger partial charge on any atom is 0.416 e. The van der Waals surface area contributed by atoms with Crippen LogP contribution in [0.3, 0.4) is 0 Å². The van der Waals surface area contributed by atoms with Gasteiger partial charge in [0.15, 0.2) is 0 Å². The fourth-order valence-electron chi connectivity index (χ4n) is 3.12. The number of hydrogen-bond acceptors (Lipinski definition) is 3. The zero-order valence-corrected chi connectivity index (χ0v) is 13.6. The molecule has 0 aromatic heterocycles. The Morgan fingerprint density at radius 2 is 1.80 bits per heavy atom. The quantitative estimate of drug-likeness (QED) is 0.810. The number of benzene rings is 2. The van der Waals surface area contributed by atoms with Gasteiger partial charge in [-0.3, -0.25) is 0 Å². The fraction of sp³-hybridized carbons (Fsp3) is 0.333. The number of rotatable bonds is 2. The van der Waals surface area contributed by atoms with E-state index >= 15 is 0 Å². The lowest BCUT2D eigenvalue weighted by Gasteiger charge is -2.26. The van der Waals surface area contributed by atoms with Gasteiger partial charge in [-0.2, -0.15) is 13.2 Å². The van der Waals surface area contributed by atoms with Gasteiger partial charge in [0.25, 0.3) is 0 Å². The first-order chi connectivity index (χ1) is 11.7. The molecule has 0 bridgehead atoms. The van der Waals surface area contributed by atoms with E-state index in [0.29, 0.717) is 23.9 Å². The average molecular weight is 354 g/mol. The van der Waals surface area contributed by atoms with Gasteiger partial charge in [-0.05, 0) is 48.4 Å². The number of anilines is 2. The van der Waals surface area contributed by atoms with Crippen molar-refractivity contribution in [2.75, 3.05) is 29.9 Å². The molecule has 25 heavy (non-hydrogen) atoms. The molecule has 1 N–H and O–H groups in total. The molecular weight excluding hydrogens is 336 g/mol. The topological polar surface area (TPSA) is 26.7 Å². The molecule has 2 aromatic carbocycles. The highest BCUT2D eigenvalue weighted by molar-refractivity contribution is 5.72. The highest BCUT2D eigenvalue weighted by Crippen LogP contribution is 2.35. The van der Waals surface area contributed by atoms with Gasteiger partial charge in [0, 0.05) is 26.7 Å². The molecule has 0 saturated carbocycles. The Morgan fingerprint density at radius 3 is 2.52 bits per heavy atom. The molecule has 0 unspecified atom stereocenters. The lowest BCUT2D eigenvalue weighted by Crippen LogP contribution is -2.23. The Kier molecular flexibility index (Phi) is 4.49. The number of fused-ring (bicyclic) bond motifs is 1. The molecule has 3 nitrogen and oxygen atoms in total. The molecule has 0 fully saturated rings. The minimum absolute atomic E-state index is 0.198. The summed E-state index contributed by atoms with van der Waals surface area (Å²) in [5.41, 5.74) is 0.938. The lowest BCUT2D eigenvalue weighted by atomic mass is 10.1. The number of halogens is 4. The van der Waals surface area contributed by atoms with Gasteiger partial charge in [0.2, 0.25) is 0 Å². The number of phenolic OH excluding ortho intramolecular Hbond substituents is 1. The van der Waals surface area contributed by atoms with Gasteiger partial charge in [0.1, 0.15) is 11.6 Å². The van der Waals surface area contributed by atoms with E-state index in [2.05, 4.69) is 0 Å². The maximum absolute atomic E-state index is 13.6. The van der Waals surface area contributed by atoms with E-state index in [4.69, 9.17) is 0 Å². The molecule has 0 aliphatic carbocycles. The summed E-state index contributed by atoms with van der Waals surface area (Å²) >= 11 is 0. The van der Waals surface area contributed by atoms with Crippen LogP contribution in [0.1, 0.15) is 17.5 Å². The van der Waals surface area contributed by atoms with Gasteiger partial charge >= 0.3 is 6.18 Å². The van der Waals surface area contributed by atoms with Crippen molar-refractivity contribution in [3.05, 3.63) is 53.3 Å². The van der Waals surface area contributed by atoms with Crippen molar-refractivity contribution in [1.29, 1.82) is 0 Å². The van der Waals surface area contributed by atoms with Crippen molar-refractivity contribution < 1.29 is 22.7 Å². The highest BCUT2D eigenvalue weighted by atomic mass is 19.4. The smallest absolute Gasteiger partial charge is 0.416 e. The van der Waals surface area contributed by atoms with E-state index in [9.17, 15) is 22.7 Å². The summed E-state index contributed by atoms with van der Waals surface area (Å²) in [5.74, 6) is -0.778. The van der Waals surface area contributed by atoms with Crippen molar-refractivity contribution in [3.8, 4) is 5.75 Å². The third-order valence-corrected chi connectivity index (χ3v) is 4.29. The largest absolute Gasteiger partial charge is 0.508 e. The second-order valence-electron chi connectivity index (χ2n) is 6.22. The number of alkyl halides is 3. The van der Waals surface area contributed by atoms with E-state index < -0.39 is 17.5 Å². The van der Waals surface area contributed by atoms with Crippen LogP contribution in [0.25, 0.3) is 0 Å².